The molecule has 17 heteroatoms. The number of nitrogens with one attached hydrogen (secondary N) is 1. The van der Waals surface area contributed by atoms with Crippen molar-refractivity contribution in [2.24, 2.45) is 7.05 Å². The molecular weight excluding hydrogens is 523 g/mol. The average molecular weight is 537 g/mol. The van der Waals surface area contributed by atoms with Gasteiger partial charge in [0.25, 0.3) is 11.8 Å². The van der Waals surface area contributed by atoms with Crippen LogP contribution in [0.5, 0.6) is 0 Å². The van der Waals surface area contributed by atoms with Crippen molar-refractivity contribution in [3.8, 4) is 0 Å². The second kappa shape index (κ2) is 10.8. The van der Waals surface area contributed by atoms with Gasteiger partial charge in [-0.3, -0.25) is 14.5 Å². The number of aromatic nitrogens is 5. The maximum absolute atomic E-state index is 12.8. The smallest absolute Gasteiger partial charge is 0.543 e. The number of thiazole rings is 1. The van der Waals surface area contributed by atoms with Crippen molar-refractivity contribution < 1.29 is 49.0 Å². The Balaban J connectivity index is 0.00000306. The Morgan fingerprint density at radius 1 is 1.48 bits per heavy atom. The van der Waals surface area contributed by atoms with Crippen LogP contribution in [-0.2, 0) is 21.4 Å². The number of β-lactam (4-membered cyclic amide) rings is 1. The number of aryl methyl sites for hydroxylation is 1. The number of nitrogens with zero attached hydrogens (tertiary/aromatic N) is 6. The molecule has 0 bridgehead atoms. The Hall–Kier alpha value is -1.62. The number of anilines is 1. The average Bonchev–Trinajstić information content (AvgIpc) is 3.37. The molecule has 1 unspecified atom stereocenters. The van der Waals surface area contributed by atoms with Crippen LogP contribution in [0.2, 0.25) is 0 Å². The van der Waals surface area contributed by atoms with Gasteiger partial charge in [0.1, 0.15) is 11.4 Å². The molecule has 0 aromatic carbocycles. The normalized spacial score (nSPS) is 20.1. The molecule has 2 aromatic heterocycles. The van der Waals surface area contributed by atoms with Crippen molar-refractivity contribution in [1.29, 1.82) is 0 Å². The van der Waals surface area contributed by atoms with Crippen LogP contribution in [0, 0.1) is 0 Å². The summed E-state index contributed by atoms with van der Waals surface area (Å²) in [4.78, 5) is 42.4. The summed E-state index contributed by atoms with van der Waals surface area (Å²) in [6.07, 6.45) is 0. The van der Waals surface area contributed by atoms with Crippen LogP contribution in [0.4, 0.5) is 5.13 Å². The number of amides is 2. The summed E-state index contributed by atoms with van der Waals surface area (Å²) in [6.45, 7) is 0. The molecule has 3 N–H and O–H groups in total. The monoisotopic (exact) mass is 536 g/mol. The predicted octanol–water partition coefficient (Wildman–Crippen LogP) is -3.97. The fourth-order valence-electron chi connectivity index (χ4n) is 3.13. The molecule has 4 rings (SSSR count). The topological polar surface area (TPSA) is 172 Å². The fourth-order valence-corrected chi connectivity index (χ4v) is 6.24. The summed E-state index contributed by atoms with van der Waals surface area (Å²) < 4.78 is 1.46. The Morgan fingerprint density at radius 3 is 2.82 bits per heavy atom. The van der Waals surface area contributed by atoms with Crippen LogP contribution < -0.4 is 45.7 Å². The van der Waals surface area contributed by atoms with Crippen molar-refractivity contribution in [1.82, 2.24) is 35.4 Å². The van der Waals surface area contributed by atoms with Gasteiger partial charge in [0.15, 0.2) is 5.13 Å². The zero-order chi connectivity index (χ0) is 23.0. The SMILES string of the molecule is Cn1nnnc1SCC1=C(C(=O)[O-])N2C(=O)C(NC(=O)C(=CCl)c3csc(N)n3)[C@@H]2SC1.[Na+]. The minimum atomic E-state index is -1.46. The minimum Gasteiger partial charge on any atom is -0.543 e. The molecule has 4 heterocycles. The molecule has 1 saturated heterocycles. The van der Waals surface area contributed by atoms with E-state index >= 15 is 0 Å². The predicted molar refractivity (Wildman–Crippen MR) is 117 cm³/mol. The molecule has 2 aromatic rings. The maximum atomic E-state index is 12.8. The number of tetrazole rings is 1. The van der Waals surface area contributed by atoms with Gasteiger partial charge in [0, 0.05) is 29.5 Å². The number of carboxylic acid groups (broad SMARTS) is 1. The molecule has 12 nitrogen and oxygen atoms in total. The maximum Gasteiger partial charge on any atom is 1.00 e. The first-order chi connectivity index (χ1) is 15.3. The number of carbonyl (C=O) groups is 3. The van der Waals surface area contributed by atoms with Crippen LogP contribution in [0.3, 0.4) is 0 Å². The number of hydrogen-bond acceptors (Lipinski definition) is 12. The quantitative estimate of drug-likeness (QED) is 0.153. The zero-order valence-corrected chi connectivity index (χ0v) is 22.4. The van der Waals surface area contributed by atoms with E-state index in [2.05, 4.69) is 25.8 Å². The van der Waals surface area contributed by atoms with Crippen LogP contribution in [-0.4, -0.2) is 70.8 Å². The second-order valence-corrected chi connectivity index (χ2v) is 9.72. The third-order valence-electron chi connectivity index (χ3n) is 4.64. The summed E-state index contributed by atoms with van der Waals surface area (Å²) in [6, 6.07) is -0.915. The number of fused-ring (bicyclic) bond motifs is 1. The Kier molecular flexibility index (Phi) is 8.47. The van der Waals surface area contributed by atoms with Gasteiger partial charge >= 0.3 is 29.6 Å². The first-order valence-corrected chi connectivity index (χ1v) is 12.2. The molecule has 0 aliphatic carbocycles. The summed E-state index contributed by atoms with van der Waals surface area (Å²) in [5, 5.41) is 27.3. The molecule has 168 valence electrons. The number of rotatable bonds is 7. The molecule has 2 amide bonds. The van der Waals surface area contributed by atoms with E-state index < -0.39 is 29.2 Å². The largest absolute Gasteiger partial charge is 1.00 e. The molecule has 0 spiro atoms. The van der Waals surface area contributed by atoms with Crippen molar-refractivity contribution >= 4 is 74.9 Å². The molecule has 0 saturated carbocycles. The number of hydrogen-bond donors (Lipinski definition) is 2. The van der Waals surface area contributed by atoms with E-state index in [1.807, 2.05) is 0 Å². The molecule has 33 heavy (non-hydrogen) atoms. The number of nitrogens with two attached hydrogens (primary N) is 1. The molecule has 0 radical (unpaired) electrons. The van der Waals surface area contributed by atoms with E-state index in [1.54, 1.807) is 12.4 Å². The summed E-state index contributed by atoms with van der Waals surface area (Å²) >= 11 is 9.52. The van der Waals surface area contributed by atoms with Crippen LogP contribution in [0.25, 0.3) is 5.57 Å². The third-order valence-corrected chi connectivity index (χ3v) is 7.96. The summed E-state index contributed by atoms with van der Waals surface area (Å²) in [7, 11) is 1.66. The van der Waals surface area contributed by atoms with Crippen molar-refractivity contribution in [2.75, 3.05) is 17.2 Å². The van der Waals surface area contributed by atoms with Gasteiger partial charge in [-0.15, -0.1) is 28.2 Å². The first kappa shape index (κ1) is 26.0. The van der Waals surface area contributed by atoms with Crippen LogP contribution >= 0.6 is 46.5 Å². The van der Waals surface area contributed by atoms with Gasteiger partial charge in [0.05, 0.1) is 22.9 Å². The van der Waals surface area contributed by atoms with Gasteiger partial charge in [-0.1, -0.05) is 23.4 Å². The van der Waals surface area contributed by atoms with Gasteiger partial charge < -0.3 is 21.0 Å². The Labute approximate surface area is 226 Å². The number of carboxylic acids is 1. The molecule has 2 aliphatic heterocycles. The Bertz CT molecular complexity index is 1170. The van der Waals surface area contributed by atoms with Gasteiger partial charge in [-0.05, 0) is 16.0 Å². The second-order valence-electron chi connectivity index (χ2n) is 6.57. The van der Waals surface area contributed by atoms with Crippen LogP contribution in [0.1, 0.15) is 5.69 Å². The molecule has 1 fully saturated rings. The summed E-state index contributed by atoms with van der Waals surface area (Å²) in [5.74, 6) is -2.02. The molecular formula is C16H14ClN8NaO4S3. The van der Waals surface area contributed by atoms with E-state index in [0.29, 0.717) is 16.5 Å². The summed E-state index contributed by atoms with van der Waals surface area (Å²) in [5.41, 5.74) is 7.32. The number of aliphatic carboxylic acids is 1. The van der Waals surface area contributed by atoms with Gasteiger partial charge in [0.2, 0.25) is 5.16 Å². The van der Waals surface area contributed by atoms with Crippen molar-refractivity contribution in [3.63, 3.8) is 0 Å². The first-order valence-electron chi connectivity index (χ1n) is 8.87. The molecule has 2 atom stereocenters. The van der Waals surface area contributed by atoms with Crippen molar-refractivity contribution in [2.45, 2.75) is 16.6 Å². The van der Waals surface area contributed by atoms with Gasteiger partial charge in [-0.25, -0.2) is 9.67 Å². The van der Waals surface area contributed by atoms with Gasteiger partial charge in [-0.2, -0.15) is 0 Å². The van der Waals surface area contributed by atoms with Crippen LogP contribution in [0.15, 0.2) is 27.3 Å². The zero-order valence-electron chi connectivity index (χ0n) is 17.2. The number of halogens is 1. The van der Waals surface area contributed by atoms with E-state index in [0.717, 1.165) is 21.8 Å². The number of thioether (sulfide) groups is 2. The van der Waals surface area contributed by atoms with E-state index in [9.17, 15) is 19.5 Å². The van der Waals surface area contributed by atoms with E-state index in [4.69, 9.17) is 17.3 Å². The standard InChI is InChI=1S/C16H15ClN8O4S3.Na/c1-24-16(21-22-23-24)32-4-6-3-30-13-9(12(27)25(13)10(6)14(28)29)20-11(26)7(2-17)8-5-31-15(18)19-8;/h2,5,9,13H,3-4H2,1H3,(H2,18,19)(H,20,26)(H,28,29);/q;+1/p-1/t9?,13-;/m0./s1. The minimum absolute atomic E-state index is 0. The van der Waals surface area contributed by atoms with E-state index in [-0.39, 0.29) is 57.4 Å². The van der Waals surface area contributed by atoms with Crippen molar-refractivity contribution in [3.05, 3.63) is 27.9 Å². The number of carbonyl (C=O) groups excluding carboxylic acids is 3. The Morgan fingerprint density at radius 2 is 2.24 bits per heavy atom. The number of nitrogen functional groups attached to an aromatic ring is 1. The fraction of sp³-hybridized carbons (Fsp3) is 0.312. The molecule has 2 aliphatic rings. The van der Waals surface area contributed by atoms with E-state index in [1.165, 1.54) is 28.2 Å². The third kappa shape index (κ3) is 5.08.